The number of nitrogens with one attached hydrogen (secondary N) is 2. The molecule has 4 N–H and O–H groups in total. The van der Waals surface area contributed by atoms with Crippen molar-refractivity contribution in [3.05, 3.63) is 71.0 Å². The second-order valence-electron chi connectivity index (χ2n) is 7.80. The van der Waals surface area contributed by atoms with Crippen LogP contribution in [0.25, 0.3) is 0 Å². The highest BCUT2D eigenvalue weighted by atomic mass is 19.1. The third kappa shape index (κ3) is 6.10. The molecule has 0 aromatic heterocycles. The van der Waals surface area contributed by atoms with E-state index >= 15 is 0 Å². The Kier molecular flexibility index (Phi) is 7.75. The summed E-state index contributed by atoms with van der Waals surface area (Å²) in [5, 5.41) is 0. The highest BCUT2D eigenvalue weighted by Gasteiger charge is 2.24. The van der Waals surface area contributed by atoms with Crippen LogP contribution in [0.5, 0.6) is 0 Å². The van der Waals surface area contributed by atoms with Gasteiger partial charge < -0.3 is 10.6 Å². The maximum Gasteiger partial charge on any atom is 0.253 e. The molecule has 3 rings (SSSR count). The topological polar surface area (TPSA) is 70.4 Å². The molecule has 0 bridgehead atoms. The van der Waals surface area contributed by atoms with E-state index in [0.717, 1.165) is 49.8 Å². The van der Waals surface area contributed by atoms with Gasteiger partial charge in [-0.1, -0.05) is 37.1 Å². The summed E-state index contributed by atoms with van der Waals surface area (Å²) < 4.78 is 13.1. The van der Waals surface area contributed by atoms with Gasteiger partial charge in [0.25, 0.3) is 5.91 Å². The van der Waals surface area contributed by atoms with Gasteiger partial charge in [-0.25, -0.2) is 4.39 Å². The molecule has 1 amide bonds. The van der Waals surface area contributed by atoms with Crippen LogP contribution in [0.15, 0.2) is 48.5 Å². The first-order valence-corrected chi connectivity index (χ1v) is 10.4. The molecule has 5 nitrogen and oxygen atoms in total. The van der Waals surface area contributed by atoms with Crippen molar-refractivity contribution < 1.29 is 9.18 Å². The molecule has 1 heterocycles. The van der Waals surface area contributed by atoms with E-state index in [9.17, 15) is 9.18 Å². The molecule has 2 aromatic carbocycles. The second-order valence-corrected chi connectivity index (χ2v) is 7.80. The SMILES string of the molecule is CN(CCCCCC1CC(c2ccc(F)cc2)NN1)C(=O)c1ccc(CN)cc1. The molecular formula is C23H31FN4O. The van der Waals surface area contributed by atoms with Gasteiger partial charge >= 0.3 is 0 Å². The Labute approximate surface area is 172 Å². The van der Waals surface area contributed by atoms with Crippen LogP contribution in [0.2, 0.25) is 0 Å². The van der Waals surface area contributed by atoms with Gasteiger partial charge in [0, 0.05) is 37.8 Å². The lowest BCUT2D eigenvalue weighted by Gasteiger charge is -2.17. The first kappa shape index (κ1) is 21.4. The minimum atomic E-state index is -0.202. The van der Waals surface area contributed by atoms with Crippen LogP contribution in [-0.4, -0.2) is 30.4 Å². The Morgan fingerprint density at radius 1 is 1.07 bits per heavy atom. The third-order valence-corrected chi connectivity index (χ3v) is 5.58. The molecular weight excluding hydrogens is 367 g/mol. The fourth-order valence-electron chi connectivity index (χ4n) is 3.75. The van der Waals surface area contributed by atoms with Gasteiger partial charge in [0.1, 0.15) is 5.82 Å². The molecule has 156 valence electrons. The fourth-order valence-corrected chi connectivity index (χ4v) is 3.75. The Morgan fingerprint density at radius 3 is 2.48 bits per heavy atom. The zero-order valence-corrected chi connectivity index (χ0v) is 17.0. The summed E-state index contributed by atoms with van der Waals surface area (Å²) in [6.45, 7) is 1.24. The van der Waals surface area contributed by atoms with E-state index in [4.69, 9.17) is 5.73 Å². The van der Waals surface area contributed by atoms with Crippen molar-refractivity contribution in [1.82, 2.24) is 15.8 Å². The van der Waals surface area contributed by atoms with E-state index in [2.05, 4.69) is 10.9 Å². The second kappa shape index (κ2) is 10.5. The first-order chi connectivity index (χ1) is 14.1. The number of nitrogens with zero attached hydrogens (tertiary/aromatic N) is 1. The van der Waals surface area contributed by atoms with Gasteiger partial charge in [0.05, 0.1) is 0 Å². The highest BCUT2D eigenvalue weighted by molar-refractivity contribution is 5.94. The molecule has 2 unspecified atom stereocenters. The Hall–Kier alpha value is -2.28. The van der Waals surface area contributed by atoms with Gasteiger partial charge in [-0.05, 0) is 54.7 Å². The molecule has 0 radical (unpaired) electrons. The summed E-state index contributed by atoms with van der Waals surface area (Å²) >= 11 is 0. The quantitative estimate of drug-likeness (QED) is 0.565. The van der Waals surface area contributed by atoms with Crippen molar-refractivity contribution in [2.24, 2.45) is 5.73 Å². The van der Waals surface area contributed by atoms with Crippen molar-refractivity contribution in [2.75, 3.05) is 13.6 Å². The van der Waals surface area contributed by atoms with E-state index in [-0.39, 0.29) is 17.8 Å². The van der Waals surface area contributed by atoms with Gasteiger partial charge in [0.15, 0.2) is 0 Å². The summed E-state index contributed by atoms with van der Waals surface area (Å²) in [4.78, 5) is 14.3. The lowest BCUT2D eigenvalue weighted by Crippen LogP contribution is -2.30. The number of rotatable bonds is 9. The van der Waals surface area contributed by atoms with Gasteiger partial charge in [-0.2, -0.15) is 0 Å². The Bertz CT molecular complexity index is 778. The number of benzene rings is 2. The number of carbonyl (C=O) groups excluding carboxylic acids is 1. The minimum Gasteiger partial charge on any atom is -0.342 e. The first-order valence-electron chi connectivity index (χ1n) is 10.4. The van der Waals surface area contributed by atoms with Crippen molar-refractivity contribution in [3.8, 4) is 0 Å². The molecule has 2 aromatic rings. The van der Waals surface area contributed by atoms with E-state index in [1.165, 1.54) is 12.1 Å². The van der Waals surface area contributed by atoms with Gasteiger partial charge in [-0.15, -0.1) is 0 Å². The smallest absolute Gasteiger partial charge is 0.253 e. The van der Waals surface area contributed by atoms with Crippen LogP contribution < -0.4 is 16.6 Å². The standard InChI is InChI=1S/C23H31FN4O/c1-28(23(29)19-8-6-17(16-25)7-9-19)14-4-2-3-5-21-15-22(27-26-21)18-10-12-20(24)13-11-18/h6-13,21-22,26-27H,2-5,14-16,25H2,1H3. The summed E-state index contributed by atoms with van der Waals surface area (Å²) in [5.74, 6) is -0.148. The lowest BCUT2D eigenvalue weighted by molar-refractivity contribution is 0.0792. The Balaban J connectivity index is 1.32. The van der Waals surface area contributed by atoms with Crippen LogP contribution >= 0.6 is 0 Å². The predicted molar refractivity (Wildman–Crippen MR) is 114 cm³/mol. The number of hydrogen-bond donors (Lipinski definition) is 3. The minimum absolute atomic E-state index is 0.0531. The number of unbranched alkanes of at least 4 members (excludes halogenated alkanes) is 2. The maximum absolute atomic E-state index is 13.1. The van der Waals surface area contributed by atoms with Crippen LogP contribution in [0.1, 0.15) is 59.6 Å². The number of amides is 1. The van der Waals surface area contributed by atoms with E-state index < -0.39 is 0 Å². The zero-order valence-electron chi connectivity index (χ0n) is 17.0. The number of hydrogen-bond acceptors (Lipinski definition) is 4. The van der Waals surface area contributed by atoms with Crippen molar-refractivity contribution in [2.45, 2.75) is 50.7 Å². The normalized spacial score (nSPS) is 18.7. The lowest BCUT2D eigenvalue weighted by atomic mass is 9.99. The summed E-state index contributed by atoms with van der Waals surface area (Å²) in [7, 11) is 1.86. The largest absolute Gasteiger partial charge is 0.342 e. The number of carbonyl (C=O) groups is 1. The molecule has 2 atom stereocenters. The summed E-state index contributed by atoms with van der Waals surface area (Å²) in [6, 6.07) is 14.9. The number of hydrazine groups is 1. The van der Waals surface area contributed by atoms with Crippen LogP contribution in [0.3, 0.4) is 0 Å². The van der Waals surface area contributed by atoms with E-state index in [0.29, 0.717) is 18.2 Å². The molecule has 1 aliphatic rings. The van der Waals surface area contributed by atoms with Crippen molar-refractivity contribution in [1.29, 1.82) is 0 Å². The molecule has 1 fully saturated rings. The van der Waals surface area contributed by atoms with Gasteiger partial charge in [0.2, 0.25) is 0 Å². The molecule has 0 spiro atoms. The molecule has 1 saturated heterocycles. The average molecular weight is 399 g/mol. The van der Waals surface area contributed by atoms with Gasteiger partial charge in [-0.3, -0.25) is 15.6 Å². The third-order valence-electron chi connectivity index (χ3n) is 5.58. The molecule has 0 saturated carbocycles. The average Bonchev–Trinajstić information content (AvgIpc) is 3.22. The monoisotopic (exact) mass is 398 g/mol. The van der Waals surface area contributed by atoms with E-state index in [1.54, 1.807) is 4.90 Å². The van der Waals surface area contributed by atoms with Crippen LogP contribution in [0.4, 0.5) is 4.39 Å². The Morgan fingerprint density at radius 2 is 1.79 bits per heavy atom. The molecule has 0 aliphatic carbocycles. The van der Waals surface area contributed by atoms with Crippen LogP contribution in [-0.2, 0) is 6.54 Å². The fraction of sp³-hybridized carbons (Fsp3) is 0.435. The molecule has 1 aliphatic heterocycles. The molecule has 6 heteroatoms. The number of halogens is 1. The highest BCUT2D eigenvalue weighted by Crippen LogP contribution is 2.24. The zero-order chi connectivity index (χ0) is 20.6. The molecule has 29 heavy (non-hydrogen) atoms. The number of nitrogens with two attached hydrogens (primary N) is 1. The van der Waals surface area contributed by atoms with Crippen molar-refractivity contribution >= 4 is 5.91 Å². The van der Waals surface area contributed by atoms with E-state index in [1.807, 2.05) is 43.4 Å². The summed E-state index contributed by atoms with van der Waals surface area (Å²) in [5.41, 5.74) is 15.1. The summed E-state index contributed by atoms with van der Waals surface area (Å²) in [6.07, 6.45) is 5.28. The predicted octanol–water partition coefficient (Wildman–Crippen LogP) is 3.52. The maximum atomic E-state index is 13.1. The van der Waals surface area contributed by atoms with Crippen LogP contribution in [0, 0.1) is 5.82 Å². The van der Waals surface area contributed by atoms with Crippen molar-refractivity contribution in [3.63, 3.8) is 0 Å².